The smallest absolute Gasteiger partial charge is 0.163 e. The van der Waals surface area contributed by atoms with Crippen LogP contribution >= 0.6 is 11.6 Å². The topological polar surface area (TPSA) is 12.5 Å². The molecule has 0 amide bonds. The lowest BCUT2D eigenvalue weighted by atomic mass is 10.1. The van der Waals surface area contributed by atoms with Gasteiger partial charge in [-0.25, -0.2) is 8.78 Å². The molecule has 1 saturated heterocycles. The summed E-state index contributed by atoms with van der Waals surface area (Å²) in [5.41, 5.74) is 0.363. The van der Waals surface area contributed by atoms with Crippen LogP contribution in [0.25, 0.3) is 0 Å². The van der Waals surface area contributed by atoms with E-state index in [1.54, 1.807) is 6.07 Å². The molecule has 1 aliphatic rings. The molecule has 1 aromatic rings. The highest BCUT2D eigenvalue weighted by atomic mass is 35.5. The van der Waals surface area contributed by atoms with Gasteiger partial charge in [-0.2, -0.15) is 0 Å². The van der Waals surface area contributed by atoms with Gasteiger partial charge in [-0.1, -0.05) is 12.1 Å². The van der Waals surface area contributed by atoms with E-state index in [-0.39, 0.29) is 6.04 Å². The van der Waals surface area contributed by atoms with Crippen LogP contribution in [0.4, 0.5) is 8.78 Å². The van der Waals surface area contributed by atoms with Crippen LogP contribution in [0.3, 0.4) is 0 Å². The molecular formula is C12H14ClF2NO. The molecule has 17 heavy (non-hydrogen) atoms. The Kier molecular flexibility index (Phi) is 4.31. The maximum atomic E-state index is 13.5. The molecule has 1 heterocycles. The van der Waals surface area contributed by atoms with Gasteiger partial charge < -0.3 is 4.74 Å². The lowest BCUT2D eigenvalue weighted by Crippen LogP contribution is -2.46. The Labute approximate surface area is 104 Å². The zero-order valence-electron chi connectivity index (χ0n) is 9.33. The normalized spacial score (nSPS) is 21.7. The van der Waals surface area contributed by atoms with Crippen molar-refractivity contribution in [2.24, 2.45) is 0 Å². The van der Waals surface area contributed by atoms with Crippen molar-refractivity contribution in [3.63, 3.8) is 0 Å². The van der Waals surface area contributed by atoms with Gasteiger partial charge in [0.05, 0.1) is 13.2 Å². The van der Waals surface area contributed by atoms with Crippen LogP contribution in [0.5, 0.6) is 0 Å². The third kappa shape index (κ3) is 2.94. The first-order chi connectivity index (χ1) is 8.22. The van der Waals surface area contributed by atoms with E-state index >= 15 is 0 Å². The Morgan fingerprint density at radius 3 is 3.00 bits per heavy atom. The van der Waals surface area contributed by atoms with Crippen LogP contribution < -0.4 is 0 Å². The monoisotopic (exact) mass is 261 g/mol. The molecule has 0 bridgehead atoms. The second kappa shape index (κ2) is 5.76. The Hall–Kier alpha value is -0.710. The van der Waals surface area contributed by atoms with Crippen molar-refractivity contribution in [1.29, 1.82) is 0 Å². The molecule has 5 heteroatoms. The lowest BCUT2D eigenvalue weighted by Gasteiger charge is -2.34. The highest BCUT2D eigenvalue weighted by Crippen LogP contribution is 2.17. The van der Waals surface area contributed by atoms with E-state index in [9.17, 15) is 8.78 Å². The highest BCUT2D eigenvalue weighted by molar-refractivity contribution is 6.18. The summed E-state index contributed by atoms with van der Waals surface area (Å²) in [4.78, 5) is 2.02. The summed E-state index contributed by atoms with van der Waals surface area (Å²) in [6.07, 6.45) is 0. The second-order valence-corrected chi connectivity index (χ2v) is 4.38. The molecular weight excluding hydrogens is 248 g/mol. The summed E-state index contributed by atoms with van der Waals surface area (Å²) < 4.78 is 31.9. The minimum absolute atomic E-state index is 0.0630. The number of benzene rings is 1. The zero-order chi connectivity index (χ0) is 12.3. The summed E-state index contributed by atoms with van der Waals surface area (Å²) in [7, 11) is 0. The van der Waals surface area contributed by atoms with E-state index in [0.29, 0.717) is 37.7 Å². The minimum Gasteiger partial charge on any atom is -0.378 e. The molecule has 0 spiro atoms. The molecule has 0 radical (unpaired) electrons. The van der Waals surface area contributed by atoms with E-state index in [1.165, 1.54) is 6.07 Å². The van der Waals surface area contributed by atoms with Crippen LogP contribution in [0.15, 0.2) is 18.2 Å². The van der Waals surface area contributed by atoms with Crippen LogP contribution in [-0.4, -0.2) is 36.6 Å². The Balaban J connectivity index is 2.11. The predicted octanol–water partition coefficient (Wildman–Crippen LogP) is 2.40. The van der Waals surface area contributed by atoms with E-state index in [1.807, 2.05) is 4.90 Å². The third-order valence-electron chi connectivity index (χ3n) is 2.93. The van der Waals surface area contributed by atoms with Crippen molar-refractivity contribution in [1.82, 2.24) is 4.90 Å². The largest absolute Gasteiger partial charge is 0.378 e. The number of morpholine rings is 1. The van der Waals surface area contributed by atoms with Crippen LogP contribution in [0, 0.1) is 11.6 Å². The van der Waals surface area contributed by atoms with Crippen molar-refractivity contribution in [3.05, 3.63) is 35.4 Å². The van der Waals surface area contributed by atoms with Crippen LogP contribution in [0.2, 0.25) is 0 Å². The number of halogens is 3. The number of rotatable bonds is 3. The van der Waals surface area contributed by atoms with Gasteiger partial charge >= 0.3 is 0 Å². The molecule has 1 aliphatic heterocycles. The average Bonchev–Trinajstić information content (AvgIpc) is 2.35. The van der Waals surface area contributed by atoms with E-state index in [0.717, 1.165) is 6.07 Å². The van der Waals surface area contributed by atoms with Gasteiger partial charge in [-0.05, 0) is 6.07 Å². The maximum Gasteiger partial charge on any atom is 0.163 e. The molecule has 0 saturated carbocycles. The molecule has 1 unspecified atom stereocenters. The summed E-state index contributed by atoms with van der Waals surface area (Å²) in [5.74, 6) is -1.15. The van der Waals surface area contributed by atoms with Gasteiger partial charge in [0.2, 0.25) is 0 Å². The third-order valence-corrected chi connectivity index (χ3v) is 3.29. The molecule has 1 fully saturated rings. The van der Waals surface area contributed by atoms with Crippen LogP contribution in [-0.2, 0) is 11.3 Å². The number of hydrogen-bond acceptors (Lipinski definition) is 2. The van der Waals surface area contributed by atoms with Crippen molar-refractivity contribution < 1.29 is 13.5 Å². The SMILES string of the molecule is Fc1cccc(CN2CCOCC2CCl)c1F. The van der Waals surface area contributed by atoms with Gasteiger partial charge in [0.15, 0.2) is 11.6 Å². The Morgan fingerprint density at radius 1 is 1.41 bits per heavy atom. The van der Waals surface area contributed by atoms with Crippen molar-refractivity contribution in [2.45, 2.75) is 12.6 Å². The van der Waals surface area contributed by atoms with Gasteiger partial charge in [-0.3, -0.25) is 4.90 Å². The average molecular weight is 262 g/mol. The molecule has 2 rings (SSSR count). The Bertz CT molecular complexity index is 389. The first-order valence-corrected chi connectivity index (χ1v) is 6.06. The van der Waals surface area contributed by atoms with E-state index in [2.05, 4.69) is 0 Å². The molecule has 2 nitrogen and oxygen atoms in total. The molecule has 0 aliphatic carbocycles. The molecule has 94 valence electrons. The lowest BCUT2D eigenvalue weighted by molar-refractivity contribution is -0.00354. The van der Waals surface area contributed by atoms with Crippen LogP contribution in [0.1, 0.15) is 5.56 Å². The molecule has 1 aromatic carbocycles. The van der Waals surface area contributed by atoms with E-state index < -0.39 is 11.6 Å². The quantitative estimate of drug-likeness (QED) is 0.775. The highest BCUT2D eigenvalue weighted by Gasteiger charge is 2.23. The second-order valence-electron chi connectivity index (χ2n) is 4.07. The van der Waals surface area contributed by atoms with Crippen molar-refractivity contribution in [2.75, 3.05) is 25.6 Å². The number of ether oxygens (including phenoxy) is 1. The van der Waals surface area contributed by atoms with Gasteiger partial charge in [-0.15, -0.1) is 11.6 Å². The number of hydrogen-bond donors (Lipinski definition) is 0. The van der Waals surface area contributed by atoms with Crippen molar-refractivity contribution in [3.8, 4) is 0 Å². The van der Waals surface area contributed by atoms with E-state index in [4.69, 9.17) is 16.3 Å². The first kappa shape index (κ1) is 12.7. The molecule has 0 N–H and O–H groups in total. The molecule has 0 aromatic heterocycles. The fourth-order valence-electron chi connectivity index (χ4n) is 1.93. The van der Waals surface area contributed by atoms with Gasteiger partial charge in [0.25, 0.3) is 0 Å². The summed E-state index contributed by atoms with van der Waals surface area (Å²) in [6, 6.07) is 4.30. The maximum absolute atomic E-state index is 13.5. The molecule has 1 atom stereocenters. The summed E-state index contributed by atoms with van der Waals surface area (Å²) >= 11 is 5.82. The minimum atomic E-state index is -0.807. The fraction of sp³-hybridized carbons (Fsp3) is 0.500. The van der Waals surface area contributed by atoms with Crippen molar-refractivity contribution >= 4 is 11.6 Å². The Morgan fingerprint density at radius 2 is 2.24 bits per heavy atom. The first-order valence-electron chi connectivity index (χ1n) is 5.53. The van der Waals surface area contributed by atoms with Gasteiger partial charge in [0.1, 0.15) is 0 Å². The predicted molar refractivity (Wildman–Crippen MR) is 62.1 cm³/mol. The zero-order valence-corrected chi connectivity index (χ0v) is 10.1. The number of nitrogens with zero attached hydrogens (tertiary/aromatic N) is 1. The summed E-state index contributed by atoms with van der Waals surface area (Å²) in [5, 5.41) is 0. The number of alkyl halides is 1. The van der Waals surface area contributed by atoms with Gasteiger partial charge in [0, 0.05) is 30.6 Å². The standard InChI is InChI=1S/C12H14ClF2NO/c13-6-10-8-17-5-4-16(10)7-9-2-1-3-11(14)12(9)15/h1-3,10H,4-8H2. The summed E-state index contributed by atoms with van der Waals surface area (Å²) in [6.45, 7) is 2.20. The fourth-order valence-corrected chi connectivity index (χ4v) is 2.21.